The van der Waals surface area contributed by atoms with E-state index in [1.54, 1.807) is 24.5 Å². The second kappa shape index (κ2) is 7.79. The highest BCUT2D eigenvalue weighted by molar-refractivity contribution is 7.00. The fraction of sp³-hybridized carbons (Fsp3) is 0.115. The molecule has 3 aromatic carbocycles. The van der Waals surface area contributed by atoms with Crippen molar-refractivity contribution in [3.8, 4) is 0 Å². The average Bonchev–Trinajstić information content (AvgIpc) is 3.41. The van der Waals surface area contributed by atoms with Gasteiger partial charge in [0.25, 0.3) is 5.79 Å². The van der Waals surface area contributed by atoms with E-state index in [9.17, 15) is 9.90 Å². The Kier molecular flexibility index (Phi) is 4.72. The molecule has 1 unspecified atom stereocenters. The van der Waals surface area contributed by atoms with Crippen molar-refractivity contribution in [2.45, 2.75) is 19.1 Å². The Morgan fingerprint density at radius 3 is 2.44 bits per heavy atom. The van der Waals surface area contributed by atoms with E-state index in [1.807, 2.05) is 55.5 Å². The third-order valence-corrected chi connectivity index (χ3v) is 6.61. The Balaban J connectivity index is 1.55. The van der Waals surface area contributed by atoms with Gasteiger partial charge < -0.3 is 9.84 Å². The summed E-state index contributed by atoms with van der Waals surface area (Å²) in [4.78, 5) is 21.9. The number of hydrogen-bond acceptors (Lipinski definition) is 8. The van der Waals surface area contributed by atoms with Gasteiger partial charge in [0.05, 0.1) is 28.3 Å². The first-order valence-electron chi connectivity index (χ1n) is 10.7. The van der Waals surface area contributed by atoms with Crippen LogP contribution in [-0.2, 0) is 21.7 Å². The maximum Gasteiger partial charge on any atom is 0.342 e. The highest BCUT2D eigenvalue weighted by Gasteiger charge is 2.48. The molecule has 0 aliphatic carbocycles. The number of nitrogens with zero attached hydrogens (tertiary/aromatic N) is 4. The van der Waals surface area contributed by atoms with E-state index < -0.39 is 11.8 Å². The molecule has 0 saturated heterocycles. The molecule has 0 bridgehead atoms. The Hall–Kier alpha value is -4.01. The summed E-state index contributed by atoms with van der Waals surface area (Å²) in [5.74, 6) is -2.48. The minimum Gasteiger partial charge on any atom is -0.421 e. The number of aryl methyl sites for hydroxylation is 1. The third-order valence-electron chi connectivity index (χ3n) is 6.06. The summed E-state index contributed by atoms with van der Waals surface area (Å²) >= 11 is 1.11. The van der Waals surface area contributed by atoms with Gasteiger partial charge in [0.15, 0.2) is 0 Å². The summed E-state index contributed by atoms with van der Waals surface area (Å²) < 4.78 is 14.2. The molecule has 1 aliphatic rings. The minimum absolute atomic E-state index is 0.283. The molecule has 0 spiro atoms. The first-order chi connectivity index (χ1) is 16.5. The molecular weight excluding hydrogens is 448 g/mol. The van der Waals surface area contributed by atoms with Gasteiger partial charge in [0.1, 0.15) is 11.0 Å². The summed E-state index contributed by atoms with van der Waals surface area (Å²) in [7, 11) is 0. The first-order valence-corrected chi connectivity index (χ1v) is 11.4. The molecule has 1 aliphatic heterocycles. The lowest BCUT2D eigenvalue weighted by Gasteiger charge is -2.26. The topological polar surface area (TPSA) is 98.1 Å². The number of carbonyl (C=O) groups is 1. The summed E-state index contributed by atoms with van der Waals surface area (Å²) in [6, 6.07) is 18.5. The number of hydrogen-bond donors (Lipinski definition) is 1. The lowest BCUT2D eigenvalue weighted by atomic mass is 9.87. The Morgan fingerprint density at radius 1 is 0.882 bits per heavy atom. The molecule has 2 aromatic heterocycles. The van der Waals surface area contributed by atoms with Gasteiger partial charge in [0.2, 0.25) is 0 Å². The summed E-state index contributed by atoms with van der Waals surface area (Å²) in [5, 5.41) is 11.8. The van der Waals surface area contributed by atoms with Crippen molar-refractivity contribution in [1.29, 1.82) is 0 Å². The van der Waals surface area contributed by atoms with Crippen molar-refractivity contribution in [3.05, 3.63) is 101 Å². The van der Waals surface area contributed by atoms with Gasteiger partial charge >= 0.3 is 5.97 Å². The number of ether oxygens (including phenoxy) is 1. The maximum absolute atomic E-state index is 13.2. The van der Waals surface area contributed by atoms with Crippen molar-refractivity contribution in [2.75, 3.05) is 0 Å². The highest BCUT2D eigenvalue weighted by Crippen LogP contribution is 2.45. The van der Waals surface area contributed by atoms with Crippen molar-refractivity contribution < 1.29 is 14.6 Å². The zero-order valence-electron chi connectivity index (χ0n) is 18.1. The quantitative estimate of drug-likeness (QED) is 0.394. The SMILES string of the molecule is Cc1ccc(C2(O)OC(=O)C(c3ccc4nsnc4c3)=C2Cc2ccc3nccnc3c2)cc1. The van der Waals surface area contributed by atoms with Crippen LogP contribution in [0.3, 0.4) is 0 Å². The van der Waals surface area contributed by atoms with Crippen molar-refractivity contribution >= 4 is 45.3 Å². The van der Waals surface area contributed by atoms with Crippen LogP contribution >= 0.6 is 11.7 Å². The van der Waals surface area contributed by atoms with E-state index >= 15 is 0 Å². The van der Waals surface area contributed by atoms with Gasteiger partial charge in [-0.25, -0.2) is 4.79 Å². The van der Waals surface area contributed by atoms with Crippen LogP contribution < -0.4 is 0 Å². The number of aromatic nitrogens is 4. The van der Waals surface area contributed by atoms with Crippen LogP contribution in [0.2, 0.25) is 0 Å². The van der Waals surface area contributed by atoms with Crippen LogP contribution in [0.15, 0.2) is 78.6 Å². The predicted molar refractivity (Wildman–Crippen MR) is 129 cm³/mol. The van der Waals surface area contributed by atoms with Gasteiger partial charge in [-0.1, -0.05) is 42.0 Å². The van der Waals surface area contributed by atoms with Crippen molar-refractivity contribution in [1.82, 2.24) is 18.7 Å². The van der Waals surface area contributed by atoms with Gasteiger partial charge in [-0.05, 0) is 42.3 Å². The summed E-state index contributed by atoms with van der Waals surface area (Å²) in [6.45, 7) is 1.96. The molecule has 0 saturated carbocycles. The van der Waals surface area contributed by atoms with Crippen LogP contribution in [0.5, 0.6) is 0 Å². The second-order valence-electron chi connectivity index (χ2n) is 8.28. The Morgan fingerprint density at radius 2 is 1.62 bits per heavy atom. The largest absolute Gasteiger partial charge is 0.421 e. The third kappa shape index (κ3) is 3.35. The lowest BCUT2D eigenvalue weighted by molar-refractivity contribution is -0.185. The molecule has 1 atom stereocenters. The molecule has 0 fully saturated rings. The Bertz CT molecular complexity index is 1610. The fourth-order valence-electron chi connectivity index (χ4n) is 4.31. The van der Waals surface area contributed by atoms with Gasteiger partial charge in [-0.2, -0.15) is 8.75 Å². The maximum atomic E-state index is 13.2. The normalized spacial score (nSPS) is 18.1. The van der Waals surface area contributed by atoms with Crippen molar-refractivity contribution in [3.63, 3.8) is 0 Å². The number of esters is 1. The zero-order valence-corrected chi connectivity index (χ0v) is 18.9. The van der Waals surface area contributed by atoms with Crippen LogP contribution in [0.1, 0.15) is 22.3 Å². The molecule has 3 heterocycles. The van der Waals surface area contributed by atoms with E-state index in [2.05, 4.69) is 18.7 Å². The monoisotopic (exact) mass is 466 g/mol. The Labute approximate surface area is 198 Å². The molecule has 0 radical (unpaired) electrons. The van der Waals surface area contributed by atoms with Crippen LogP contribution in [-0.4, -0.2) is 29.8 Å². The van der Waals surface area contributed by atoms with E-state index in [0.29, 0.717) is 27.8 Å². The smallest absolute Gasteiger partial charge is 0.342 e. The standard InChI is InChI=1S/C26H18N4O3S/c1-15-2-6-18(7-3-15)26(32)19(12-16-4-8-20-22(13-16)28-11-10-27-20)24(25(31)33-26)17-5-9-21-23(14-17)30-34-29-21/h2-11,13-14,32H,12H2,1H3. The summed E-state index contributed by atoms with van der Waals surface area (Å²) in [5.41, 5.74) is 6.79. The zero-order chi connectivity index (χ0) is 23.3. The first kappa shape index (κ1) is 20.6. The van der Waals surface area contributed by atoms with Crippen LogP contribution in [0.25, 0.3) is 27.6 Å². The van der Waals surface area contributed by atoms with Gasteiger partial charge in [-0.15, -0.1) is 0 Å². The van der Waals surface area contributed by atoms with E-state index in [4.69, 9.17) is 4.74 Å². The molecule has 6 rings (SSSR count). The predicted octanol–water partition coefficient (Wildman–Crippen LogP) is 4.34. The molecule has 0 amide bonds. The molecular formula is C26H18N4O3S. The van der Waals surface area contributed by atoms with E-state index in [0.717, 1.165) is 39.4 Å². The summed E-state index contributed by atoms with van der Waals surface area (Å²) in [6.07, 6.45) is 3.57. The molecule has 34 heavy (non-hydrogen) atoms. The van der Waals surface area contributed by atoms with Crippen molar-refractivity contribution in [2.24, 2.45) is 0 Å². The van der Waals surface area contributed by atoms with E-state index in [-0.39, 0.29) is 6.42 Å². The van der Waals surface area contributed by atoms with E-state index in [1.165, 1.54) is 0 Å². The number of cyclic esters (lactones) is 1. The lowest BCUT2D eigenvalue weighted by Crippen LogP contribution is -2.29. The molecule has 166 valence electrons. The molecule has 7 nitrogen and oxygen atoms in total. The number of fused-ring (bicyclic) bond motifs is 2. The van der Waals surface area contributed by atoms with Crippen LogP contribution in [0.4, 0.5) is 0 Å². The highest BCUT2D eigenvalue weighted by atomic mass is 32.1. The van der Waals surface area contributed by atoms with Crippen LogP contribution in [0, 0.1) is 6.92 Å². The molecule has 8 heteroatoms. The number of carbonyl (C=O) groups excluding carboxylic acids is 1. The minimum atomic E-state index is -1.90. The fourth-order valence-corrected chi connectivity index (χ4v) is 4.83. The second-order valence-corrected chi connectivity index (χ2v) is 8.81. The number of rotatable bonds is 4. The van der Waals surface area contributed by atoms with Gasteiger partial charge in [-0.3, -0.25) is 9.97 Å². The molecule has 1 N–H and O–H groups in total. The average molecular weight is 467 g/mol. The number of aliphatic hydroxyl groups is 1. The number of benzene rings is 3. The molecule has 5 aromatic rings. The van der Waals surface area contributed by atoms with Gasteiger partial charge in [0, 0.05) is 30.0 Å².